The van der Waals surface area contributed by atoms with Crippen molar-refractivity contribution in [3.63, 3.8) is 0 Å². The number of hydrogen-bond acceptors (Lipinski definition) is 3. The number of aliphatic imine (C=N–C) groups is 1. The van der Waals surface area contributed by atoms with Crippen molar-refractivity contribution in [3.8, 4) is 0 Å². The van der Waals surface area contributed by atoms with E-state index < -0.39 is 5.60 Å². The van der Waals surface area contributed by atoms with Gasteiger partial charge in [0.15, 0.2) is 5.96 Å². The van der Waals surface area contributed by atoms with E-state index in [4.69, 9.17) is 4.74 Å². The first-order valence-electron chi connectivity index (χ1n) is 10.9. The molecule has 2 saturated carbocycles. The Kier molecular flexibility index (Phi) is 7.04. The zero-order valence-corrected chi connectivity index (χ0v) is 18.2. The first-order valence-corrected chi connectivity index (χ1v) is 10.9. The maximum absolute atomic E-state index is 11.9. The van der Waals surface area contributed by atoms with Gasteiger partial charge in [0.2, 0.25) is 0 Å². The molecule has 1 amide bonds. The molecule has 160 valence electrons. The van der Waals surface area contributed by atoms with Gasteiger partial charge in [0, 0.05) is 25.7 Å². The van der Waals surface area contributed by atoms with Gasteiger partial charge in [-0.25, -0.2) is 4.79 Å². The highest BCUT2D eigenvalue weighted by Gasteiger charge is 2.38. The summed E-state index contributed by atoms with van der Waals surface area (Å²) >= 11 is 0. The number of rotatable bonds is 5. The number of carbonyl (C=O) groups is 1. The second-order valence-corrected chi connectivity index (χ2v) is 9.31. The molecule has 3 N–H and O–H groups in total. The van der Waals surface area contributed by atoms with E-state index in [1.54, 1.807) is 0 Å². The van der Waals surface area contributed by atoms with Crippen molar-refractivity contribution < 1.29 is 9.53 Å². The van der Waals surface area contributed by atoms with Crippen molar-refractivity contribution in [2.45, 2.75) is 76.5 Å². The fraction of sp³-hybridized carbons (Fsp3) is 0.652. The van der Waals surface area contributed by atoms with Gasteiger partial charge in [0.1, 0.15) is 5.60 Å². The van der Waals surface area contributed by atoms with Crippen LogP contribution in [0.15, 0.2) is 35.3 Å². The van der Waals surface area contributed by atoms with Crippen LogP contribution in [0, 0.1) is 5.92 Å². The number of hydrogen-bond donors (Lipinski definition) is 3. The van der Waals surface area contributed by atoms with E-state index in [9.17, 15) is 4.79 Å². The molecule has 0 aromatic heterocycles. The van der Waals surface area contributed by atoms with Crippen LogP contribution in [0.1, 0.15) is 64.4 Å². The molecule has 2 aliphatic rings. The number of nitrogens with zero attached hydrogens (tertiary/aromatic N) is 1. The molecule has 0 bridgehead atoms. The molecule has 0 aliphatic heterocycles. The van der Waals surface area contributed by atoms with Crippen molar-refractivity contribution in [1.29, 1.82) is 0 Å². The SMILES string of the molecule is CN=C(NCC1CC1c1ccccc1)NC1CCC(NC(=O)OC(C)(C)C)CC1. The van der Waals surface area contributed by atoms with Crippen LogP contribution in [0.5, 0.6) is 0 Å². The van der Waals surface area contributed by atoms with Gasteiger partial charge >= 0.3 is 6.09 Å². The van der Waals surface area contributed by atoms with Gasteiger partial charge in [0.05, 0.1) is 0 Å². The Bertz CT molecular complexity index is 691. The van der Waals surface area contributed by atoms with E-state index in [0.29, 0.717) is 17.9 Å². The van der Waals surface area contributed by atoms with E-state index in [0.717, 1.165) is 38.2 Å². The third-order valence-electron chi connectivity index (χ3n) is 5.69. The van der Waals surface area contributed by atoms with Crippen LogP contribution in [0.3, 0.4) is 0 Å². The van der Waals surface area contributed by atoms with Crippen LogP contribution >= 0.6 is 0 Å². The highest BCUT2D eigenvalue weighted by Crippen LogP contribution is 2.46. The fourth-order valence-corrected chi connectivity index (χ4v) is 4.05. The largest absolute Gasteiger partial charge is 0.444 e. The van der Waals surface area contributed by atoms with Crippen LogP contribution in [-0.2, 0) is 4.74 Å². The summed E-state index contributed by atoms with van der Waals surface area (Å²) in [6.45, 7) is 6.61. The molecule has 2 aliphatic carbocycles. The lowest BCUT2D eigenvalue weighted by atomic mass is 9.91. The standard InChI is InChI=1S/C23H36N4O2/c1-23(2,3)29-22(28)27-19-12-10-18(11-13-19)26-21(24-4)25-15-17-14-20(17)16-8-6-5-7-9-16/h5-9,17-20H,10-15H2,1-4H3,(H,27,28)(H2,24,25,26). The summed E-state index contributed by atoms with van der Waals surface area (Å²) in [6, 6.07) is 11.3. The number of guanidine groups is 1. The van der Waals surface area contributed by atoms with Gasteiger partial charge < -0.3 is 20.7 Å². The van der Waals surface area contributed by atoms with Crippen LogP contribution in [-0.4, -0.2) is 43.3 Å². The normalized spacial score (nSPS) is 27.1. The van der Waals surface area contributed by atoms with Crippen LogP contribution < -0.4 is 16.0 Å². The topological polar surface area (TPSA) is 74.8 Å². The molecule has 3 rings (SSSR count). The average molecular weight is 401 g/mol. The smallest absolute Gasteiger partial charge is 0.407 e. The van der Waals surface area contributed by atoms with Gasteiger partial charge in [-0.15, -0.1) is 0 Å². The molecule has 0 heterocycles. The minimum absolute atomic E-state index is 0.191. The minimum atomic E-state index is -0.456. The Hall–Kier alpha value is -2.24. The fourth-order valence-electron chi connectivity index (χ4n) is 4.05. The molecule has 0 radical (unpaired) electrons. The summed E-state index contributed by atoms with van der Waals surface area (Å²) in [5, 5.41) is 10.0. The van der Waals surface area contributed by atoms with E-state index in [2.05, 4.69) is 51.3 Å². The number of amides is 1. The Morgan fingerprint density at radius 3 is 2.28 bits per heavy atom. The highest BCUT2D eigenvalue weighted by molar-refractivity contribution is 5.80. The molecule has 2 unspecified atom stereocenters. The lowest BCUT2D eigenvalue weighted by molar-refractivity contribution is 0.0490. The predicted molar refractivity (Wildman–Crippen MR) is 117 cm³/mol. The third-order valence-corrected chi connectivity index (χ3v) is 5.69. The monoisotopic (exact) mass is 400 g/mol. The molecular formula is C23H36N4O2. The lowest BCUT2D eigenvalue weighted by Crippen LogP contribution is -2.48. The third kappa shape index (κ3) is 6.94. The number of nitrogens with one attached hydrogen (secondary N) is 3. The van der Waals surface area contributed by atoms with Gasteiger partial charge in [-0.3, -0.25) is 4.99 Å². The Morgan fingerprint density at radius 2 is 1.69 bits per heavy atom. The second-order valence-electron chi connectivity index (χ2n) is 9.31. The molecule has 2 fully saturated rings. The van der Waals surface area contributed by atoms with E-state index in [-0.39, 0.29) is 12.1 Å². The van der Waals surface area contributed by atoms with Gasteiger partial charge in [-0.05, 0) is 70.3 Å². The summed E-state index contributed by atoms with van der Waals surface area (Å²) in [5.41, 5.74) is 0.986. The molecule has 6 nitrogen and oxygen atoms in total. The molecule has 1 aromatic carbocycles. The minimum Gasteiger partial charge on any atom is -0.444 e. The first-order chi connectivity index (χ1) is 13.8. The van der Waals surface area contributed by atoms with Crippen LogP contribution in [0.2, 0.25) is 0 Å². The van der Waals surface area contributed by atoms with Gasteiger partial charge in [-0.1, -0.05) is 30.3 Å². The molecule has 0 spiro atoms. The van der Waals surface area contributed by atoms with Crippen molar-refractivity contribution in [2.24, 2.45) is 10.9 Å². The van der Waals surface area contributed by atoms with Crippen LogP contribution in [0.25, 0.3) is 0 Å². The van der Waals surface area contributed by atoms with Gasteiger partial charge in [-0.2, -0.15) is 0 Å². The molecule has 6 heteroatoms. The van der Waals surface area contributed by atoms with E-state index >= 15 is 0 Å². The lowest BCUT2D eigenvalue weighted by Gasteiger charge is -2.31. The highest BCUT2D eigenvalue weighted by atomic mass is 16.6. The summed E-state index contributed by atoms with van der Waals surface area (Å²) in [4.78, 5) is 16.3. The summed E-state index contributed by atoms with van der Waals surface area (Å²) in [5.74, 6) is 2.24. The molecule has 29 heavy (non-hydrogen) atoms. The Labute approximate surface area is 174 Å². The average Bonchev–Trinajstić information content (AvgIpc) is 3.45. The second kappa shape index (κ2) is 9.51. The Balaban J connectivity index is 1.34. The summed E-state index contributed by atoms with van der Waals surface area (Å²) in [6.07, 6.45) is 4.85. The number of alkyl carbamates (subject to hydrolysis) is 1. The maximum Gasteiger partial charge on any atom is 0.407 e. The van der Waals surface area contributed by atoms with E-state index in [1.807, 2.05) is 27.8 Å². The first kappa shape index (κ1) is 21.5. The number of carbonyl (C=O) groups excluding carboxylic acids is 1. The molecule has 1 aromatic rings. The summed E-state index contributed by atoms with van der Waals surface area (Å²) < 4.78 is 5.36. The van der Waals surface area contributed by atoms with Crippen molar-refractivity contribution in [2.75, 3.05) is 13.6 Å². The van der Waals surface area contributed by atoms with Crippen molar-refractivity contribution in [1.82, 2.24) is 16.0 Å². The molecule has 0 saturated heterocycles. The van der Waals surface area contributed by atoms with Crippen molar-refractivity contribution in [3.05, 3.63) is 35.9 Å². The quantitative estimate of drug-likeness (QED) is 0.519. The predicted octanol–water partition coefficient (Wildman–Crippen LogP) is 3.79. The van der Waals surface area contributed by atoms with Crippen molar-refractivity contribution >= 4 is 12.1 Å². The Morgan fingerprint density at radius 1 is 1.07 bits per heavy atom. The number of benzene rings is 1. The van der Waals surface area contributed by atoms with Gasteiger partial charge in [0.25, 0.3) is 0 Å². The van der Waals surface area contributed by atoms with Crippen LogP contribution in [0.4, 0.5) is 4.79 Å². The maximum atomic E-state index is 11.9. The zero-order valence-electron chi connectivity index (χ0n) is 18.2. The molecule has 2 atom stereocenters. The number of ether oxygens (including phenoxy) is 1. The van der Waals surface area contributed by atoms with E-state index in [1.165, 1.54) is 12.0 Å². The zero-order chi connectivity index (χ0) is 20.9. The summed E-state index contributed by atoms with van der Waals surface area (Å²) in [7, 11) is 1.83. The molecular weight excluding hydrogens is 364 g/mol.